The van der Waals surface area contributed by atoms with Crippen LogP contribution in [0.3, 0.4) is 0 Å². The number of H-pyrrole nitrogens is 1. The topological polar surface area (TPSA) is 114 Å². The second kappa shape index (κ2) is 9.14. The molecule has 36 heavy (non-hydrogen) atoms. The lowest BCUT2D eigenvalue weighted by molar-refractivity contribution is 0.416. The highest BCUT2D eigenvalue weighted by molar-refractivity contribution is 7.92. The van der Waals surface area contributed by atoms with Crippen LogP contribution in [0.4, 0.5) is 10.2 Å². The van der Waals surface area contributed by atoms with Gasteiger partial charge in [-0.25, -0.2) is 12.8 Å². The van der Waals surface area contributed by atoms with Crippen LogP contribution in [0.5, 0.6) is 5.75 Å². The summed E-state index contributed by atoms with van der Waals surface area (Å²) >= 11 is 6.56. The molecule has 8 nitrogen and oxygen atoms in total. The first kappa shape index (κ1) is 23.6. The van der Waals surface area contributed by atoms with Crippen LogP contribution in [0.1, 0.15) is 0 Å². The molecular formula is C25H17ClFN3O5S. The Hall–Kier alpha value is -4.15. The molecule has 0 radical (unpaired) electrons. The highest BCUT2D eigenvalue weighted by Crippen LogP contribution is 2.40. The number of aromatic amines is 1. The van der Waals surface area contributed by atoms with Gasteiger partial charge in [0.2, 0.25) is 0 Å². The lowest BCUT2D eigenvalue weighted by atomic mass is 9.96. The van der Waals surface area contributed by atoms with E-state index in [2.05, 4.69) is 19.4 Å². The Morgan fingerprint density at radius 3 is 2.64 bits per heavy atom. The van der Waals surface area contributed by atoms with Gasteiger partial charge in [0.1, 0.15) is 17.8 Å². The van der Waals surface area contributed by atoms with Crippen LogP contribution >= 0.6 is 11.6 Å². The van der Waals surface area contributed by atoms with Gasteiger partial charge in [-0.1, -0.05) is 35.0 Å². The number of rotatable bonds is 6. The minimum absolute atomic E-state index is 0.0371. The molecule has 0 saturated heterocycles. The number of fused-ring (bicyclic) bond motifs is 1. The maximum Gasteiger partial charge on any atom is 0.263 e. The van der Waals surface area contributed by atoms with E-state index in [9.17, 15) is 17.6 Å². The van der Waals surface area contributed by atoms with Crippen LogP contribution in [0, 0.1) is 5.82 Å². The number of anilines is 1. The summed E-state index contributed by atoms with van der Waals surface area (Å²) in [5, 5.41) is 4.77. The molecule has 0 spiro atoms. The summed E-state index contributed by atoms with van der Waals surface area (Å²) in [5.74, 6) is -0.0445. The van der Waals surface area contributed by atoms with E-state index in [1.54, 1.807) is 24.3 Å². The molecule has 0 unspecified atom stereocenters. The molecule has 0 saturated carbocycles. The van der Waals surface area contributed by atoms with Gasteiger partial charge in [0.05, 0.1) is 17.6 Å². The van der Waals surface area contributed by atoms with E-state index in [0.29, 0.717) is 33.2 Å². The highest BCUT2D eigenvalue weighted by atomic mass is 35.5. The maximum atomic E-state index is 13.8. The molecule has 5 rings (SSSR count). The SMILES string of the molecule is COc1cc(-c2cccc(F)c2)c(Cl)cc1-c1c(=O)[nH]cc2cc(S(=O)(=O)Nc3ccon3)ccc12. The predicted molar refractivity (Wildman–Crippen MR) is 134 cm³/mol. The first-order valence-corrected chi connectivity index (χ1v) is 12.4. The van der Waals surface area contributed by atoms with Gasteiger partial charge in [-0.15, -0.1) is 0 Å². The third kappa shape index (κ3) is 4.32. The van der Waals surface area contributed by atoms with Crippen molar-refractivity contribution in [2.45, 2.75) is 4.90 Å². The quantitative estimate of drug-likeness (QED) is 0.304. The Bertz CT molecular complexity index is 1770. The van der Waals surface area contributed by atoms with Crippen LogP contribution in [0.15, 0.2) is 87.3 Å². The Kier molecular flexibility index (Phi) is 5.99. The van der Waals surface area contributed by atoms with Crippen molar-refractivity contribution in [1.29, 1.82) is 0 Å². The summed E-state index contributed by atoms with van der Waals surface area (Å²) in [7, 11) is -2.52. The minimum Gasteiger partial charge on any atom is -0.496 e. The van der Waals surface area contributed by atoms with Gasteiger partial charge in [-0.05, 0) is 52.7 Å². The van der Waals surface area contributed by atoms with E-state index < -0.39 is 21.4 Å². The zero-order chi connectivity index (χ0) is 25.4. The molecule has 0 atom stereocenters. The summed E-state index contributed by atoms with van der Waals surface area (Å²) < 4.78 is 51.9. The van der Waals surface area contributed by atoms with Crippen molar-refractivity contribution in [2.75, 3.05) is 11.8 Å². The zero-order valence-corrected chi connectivity index (χ0v) is 20.2. The predicted octanol–water partition coefficient (Wildman–Crippen LogP) is 5.45. The lowest BCUT2D eigenvalue weighted by Gasteiger charge is -2.15. The van der Waals surface area contributed by atoms with Gasteiger partial charge in [0.25, 0.3) is 15.6 Å². The van der Waals surface area contributed by atoms with Crippen molar-refractivity contribution in [2.24, 2.45) is 0 Å². The molecule has 2 heterocycles. The third-order valence-electron chi connectivity index (χ3n) is 5.56. The second-order valence-corrected chi connectivity index (χ2v) is 9.86. The molecule has 182 valence electrons. The number of benzene rings is 3. The smallest absolute Gasteiger partial charge is 0.263 e. The number of nitrogens with one attached hydrogen (secondary N) is 2. The summed E-state index contributed by atoms with van der Waals surface area (Å²) in [4.78, 5) is 15.6. The summed E-state index contributed by atoms with van der Waals surface area (Å²) in [6.45, 7) is 0. The van der Waals surface area contributed by atoms with E-state index in [0.717, 1.165) is 0 Å². The van der Waals surface area contributed by atoms with Crippen molar-refractivity contribution >= 4 is 38.2 Å². The normalized spacial score (nSPS) is 11.5. The van der Waals surface area contributed by atoms with Crippen LogP contribution in [0.25, 0.3) is 33.0 Å². The van der Waals surface area contributed by atoms with Crippen molar-refractivity contribution in [3.8, 4) is 28.0 Å². The van der Waals surface area contributed by atoms with E-state index in [-0.39, 0.29) is 21.3 Å². The van der Waals surface area contributed by atoms with Crippen LogP contribution in [0.2, 0.25) is 5.02 Å². The number of sulfonamides is 1. The molecule has 0 amide bonds. The minimum atomic E-state index is -3.96. The molecule has 3 aromatic carbocycles. The molecule has 2 N–H and O–H groups in total. The largest absolute Gasteiger partial charge is 0.496 e. The van der Waals surface area contributed by atoms with Gasteiger partial charge in [0, 0.05) is 28.4 Å². The van der Waals surface area contributed by atoms with Gasteiger partial charge in [-0.2, -0.15) is 0 Å². The lowest BCUT2D eigenvalue weighted by Crippen LogP contribution is -2.14. The molecule has 5 aromatic rings. The average molecular weight is 526 g/mol. The van der Waals surface area contributed by atoms with E-state index in [1.165, 1.54) is 56.0 Å². The van der Waals surface area contributed by atoms with Crippen LogP contribution in [-0.4, -0.2) is 25.7 Å². The van der Waals surface area contributed by atoms with Crippen LogP contribution in [-0.2, 0) is 10.0 Å². The molecule has 0 fully saturated rings. The van der Waals surface area contributed by atoms with Gasteiger partial charge in [0.15, 0.2) is 5.82 Å². The number of pyridine rings is 1. The van der Waals surface area contributed by atoms with Gasteiger partial charge in [-0.3, -0.25) is 9.52 Å². The third-order valence-corrected chi connectivity index (χ3v) is 7.22. The summed E-state index contributed by atoms with van der Waals surface area (Å²) in [6, 6.07) is 14.9. The highest BCUT2D eigenvalue weighted by Gasteiger charge is 2.20. The number of halogens is 2. The first-order valence-electron chi connectivity index (χ1n) is 10.5. The molecule has 0 bridgehead atoms. The number of ether oxygens (including phenoxy) is 1. The zero-order valence-electron chi connectivity index (χ0n) is 18.6. The van der Waals surface area contributed by atoms with E-state index in [1.807, 2.05) is 0 Å². The molecular weight excluding hydrogens is 509 g/mol. The van der Waals surface area contributed by atoms with Crippen molar-refractivity contribution < 1.29 is 22.1 Å². The van der Waals surface area contributed by atoms with Crippen molar-refractivity contribution in [3.63, 3.8) is 0 Å². The molecule has 2 aromatic heterocycles. The monoisotopic (exact) mass is 525 g/mol. The van der Waals surface area contributed by atoms with E-state index >= 15 is 0 Å². The number of hydrogen-bond acceptors (Lipinski definition) is 6. The van der Waals surface area contributed by atoms with Crippen LogP contribution < -0.4 is 15.0 Å². The fourth-order valence-corrected chi connectivity index (χ4v) is 5.22. The first-order chi connectivity index (χ1) is 17.3. The number of methoxy groups -OCH3 is 1. The molecule has 0 aliphatic carbocycles. The van der Waals surface area contributed by atoms with Gasteiger partial charge >= 0.3 is 0 Å². The number of hydrogen-bond donors (Lipinski definition) is 2. The maximum absolute atomic E-state index is 13.8. The number of nitrogens with zero attached hydrogens (tertiary/aromatic N) is 1. The molecule has 11 heteroatoms. The van der Waals surface area contributed by atoms with Crippen molar-refractivity contribution in [1.82, 2.24) is 10.1 Å². The molecule has 0 aliphatic rings. The standard InChI is InChI=1S/C25H17ClFN3O5S/c1-34-22-12-19(14-3-2-4-16(27)9-14)21(26)11-20(22)24-18-6-5-17(10-15(18)13-28-25(24)31)36(32,33)30-23-7-8-35-29-23/h2-13H,1H3,(H,28,31)(H,29,30). The Labute approximate surface area is 209 Å². The second-order valence-electron chi connectivity index (χ2n) is 7.77. The summed E-state index contributed by atoms with van der Waals surface area (Å²) in [6.07, 6.45) is 2.67. The fourth-order valence-electron chi connectivity index (χ4n) is 3.92. The Balaban J connectivity index is 1.65. The molecule has 0 aliphatic heterocycles. The van der Waals surface area contributed by atoms with Gasteiger partial charge < -0.3 is 14.2 Å². The van der Waals surface area contributed by atoms with Crippen molar-refractivity contribution in [3.05, 3.63) is 94.3 Å². The Morgan fingerprint density at radius 1 is 1.08 bits per heavy atom. The Morgan fingerprint density at radius 2 is 1.92 bits per heavy atom. The average Bonchev–Trinajstić information content (AvgIpc) is 3.36. The number of aromatic nitrogens is 2. The fraction of sp³-hybridized carbons (Fsp3) is 0.0400. The van der Waals surface area contributed by atoms with E-state index in [4.69, 9.17) is 16.3 Å². The summed E-state index contributed by atoms with van der Waals surface area (Å²) in [5.41, 5.74) is 1.29.